The number of carbonyl (C=O) groups excluding carboxylic acids is 1. The Bertz CT molecular complexity index is 1500. The Hall–Kier alpha value is -4.39. The summed E-state index contributed by atoms with van der Waals surface area (Å²) in [4.78, 5) is 23.3. The Labute approximate surface area is 247 Å². The van der Waals surface area contributed by atoms with E-state index in [1.54, 1.807) is 24.4 Å². The number of hydrogen-bond donors (Lipinski definition) is 4. The first-order valence-corrected chi connectivity index (χ1v) is 13.5. The van der Waals surface area contributed by atoms with Crippen LogP contribution in [0.5, 0.6) is 0 Å². The van der Waals surface area contributed by atoms with Crippen LogP contribution in [-0.4, -0.2) is 57.6 Å². The van der Waals surface area contributed by atoms with Gasteiger partial charge in [0, 0.05) is 48.8 Å². The minimum atomic E-state index is -2.57. The Morgan fingerprint density at radius 1 is 1.07 bits per heavy atom. The van der Waals surface area contributed by atoms with Gasteiger partial charge in [-0.25, -0.2) is 13.8 Å². The molecular weight excluding hydrogens is 564 g/mol. The number of likely N-dealkylation sites (N-methyl/N-ethyl adjacent to an activating group) is 1. The molecule has 42 heavy (non-hydrogen) atoms. The van der Waals surface area contributed by atoms with E-state index >= 15 is 0 Å². The predicted molar refractivity (Wildman–Crippen MR) is 162 cm³/mol. The molecule has 0 radical (unpaired) electrons. The molecule has 220 valence electrons. The average Bonchev–Trinajstić information content (AvgIpc) is 3.27. The Kier molecular flexibility index (Phi) is 10.9. The third-order valence-corrected chi connectivity index (χ3v) is 6.05. The topological polar surface area (TPSA) is 112 Å². The van der Waals surface area contributed by atoms with Crippen LogP contribution < -0.4 is 21.3 Å². The highest BCUT2D eigenvalue weighted by Crippen LogP contribution is 2.26. The molecule has 0 spiro atoms. The number of rotatable bonds is 14. The van der Waals surface area contributed by atoms with Gasteiger partial charge in [-0.1, -0.05) is 54.1 Å². The van der Waals surface area contributed by atoms with Gasteiger partial charge in [0.05, 0.1) is 11.9 Å². The molecule has 0 aliphatic rings. The number of carbonyl (C=O) groups is 1. The van der Waals surface area contributed by atoms with Gasteiger partial charge in [0.2, 0.25) is 11.9 Å². The van der Waals surface area contributed by atoms with Gasteiger partial charge in [-0.3, -0.25) is 9.48 Å². The van der Waals surface area contributed by atoms with Gasteiger partial charge in [0.25, 0.3) is 6.43 Å². The molecule has 0 saturated carbocycles. The summed E-state index contributed by atoms with van der Waals surface area (Å²) < 4.78 is 26.6. The molecule has 0 aliphatic carbocycles. The summed E-state index contributed by atoms with van der Waals surface area (Å²) in [6.45, 7) is 1.16. The molecule has 13 heteroatoms. The van der Waals surface area contributed by atoms with Crippen LogP contribution in [0.3, 0.4) is 0 Å². The summed E-state index contributed by atoms with van der Waals surface area (Å²) in [5, 5.41) is 16.4. The molecule has 4 rings (SSSR count). The minimum Gasteiger partial charge on any atom is -0.340 e. The summed E-state index contributed by atoms with van der Waals surface area (Å²) in [7, 11) is 3.85. The number of alkyl halides is 2. The average molecular weight is 596 g/mol. The Morgan fingerprint density at radius 3 is 2.62 bits per heavy atom. The van der Waals surface area contributed by atoms with E-state index in [0.717, 1.165) is 15.8 Å². The lowest BCUT2D eigenvalue weighted by Crippen LogP contribution is -2.15. The second-order valence-electron chi connectivity index (χ2n) is 9.59. The number of benzene rings is 2. The summed E-state index contributed by atoms with van der Waals surface area (Å²) >= 11 is 6.15. The fraction of sp³-hybridized carbons (Fsp3) is 0.241. The van der Waals surface area contributed by atoms with E-state index in [0.29, 0.717) is 42.5 Å². The quantitative estimate of drug-likeness (QED) is 0.143. The van der Waals surface area contributed by atoms with Gasteiger partial charge in [0.1, 0.15) is 12.4 Å². The molecule has 0 unspecified atom stereocenters. The Balaban J connectivity index is 1.53. The van der Waals surface area contributed by atoms with Crippen LogP contribution in [0.15, 0.2) is 79.1 Å². The van der Waals surface area contributed by atoms with Gasteiger partial charge >= 0.3 is 0 Å². The lowest BCUT2D eigenvalue weighted by atomic mass is 10.2. The third-order valence-electron chi connectivity index (χ3n) is 5.77. The molecule has 0 aliphatic heterocycles. The van der Waals surface area contributed by atoms with Crippen molar-refractivity contribution >= 4 is 46.3 Å². The molecule has 0 atom stereocenters. The zero-order chi connectivity index (χ0) is 29.9. The standard InChI is InChI=1S/C29H32ClF2N9O/c1-40(2)13-7-12-26(42)35-22-10-6-11-23(14-22)36-28-21(16-33-15-20-8-4-3-5-9-20)17-34-29(38-28)37-24-18-41(19-25(31)32)39-27(24)30/h3-12,14,17-18,25,33H,13,15-16,19H2,1-2H3,(H,35,42)(H2,34,36,37,38)/b12-7+. The predicted octanol–water partition coefficient (Wildman–Crippen LogP) is 5.42. The normalized spacial score (nSPS) is 11.4. The third kappa shape index (κ3) is 9.61. The van der Waals surface area contributed by atoms with Crippen molar-refractivity contribution in [3.05, 3.63) is 95.4 Å². The van der Waals surface area contributed by atoms with Crippen molar-refractivity contribution in [3.8, 4) is 0 Å². The number of anilines is 5. The monoisotopic (exact) mass is 595 g/mol. The van der Waals surface area contributed by atoms with Crippen molar-refractivity contribution in [2.45, 2.75) is 26.1 Å². The highest BCUT2D eigenvalue weighted by atomic mass is 35.5. The molecule has 0 saturated heterocycles. The van der Waals surface area contributed by atoms with E-state index < -0.39 is 13.0 Å². The maximum Gasteiger partial charge on any atom is 0.257 e. The van der Waals surface area contributed by atoms with Crippen LogP contribution in [0.2, 0.25) is 5.15 Å². The fourth-order valence-electron chi connectivity index (χ4n) is 3.84. The van der Waals surface area contributed by atoms with E-state index in [2.05, 4.69) is 36.3 Å². The Morgan fingerprint density at radius 2 is 1.86 bits per heavy atom. The van der Waals surface area contributed by atoms with E-state index in [9.17, 15) is 13.6 Å². The molecule has 2 aromatic carbocycles. The molecular formula is C29H32ClF2N9O. The largest absolute Gasteiger partial charge is 0.340 e. The van der Waals surface area contributed by atoms with Crippen LogP contribution >= 0.6 is 11.6 Å². The van der Waals surface area contributed by atoms with Crippen molar-refractivity contribution in [1.29, 1.82) is 0 Å². The summed E-state index contributed by atoms with van der Waals surface area (Å²) in [5.74, 6) is 0.453. The molecule has 1 amide bonds. The van der Waals surface area contributed by atoms with Crippen LogP contribution in [0.4, 0.5) is 37.6 Å². The van der Waals surface area contributed by atoms with Gasteiger partial charge in [0.15, 0.2) is 5.15 Å². The first-order valence-electron chi connectivity index (χ1n) is 13.1. The van der Waals surface area contributed by atoms with Crippen LogP contribution in [0.1, 0.15) is 11.1 Å². The number of hydrogen-bond acceptors (Lipinski definition) is 8. The minimum absolute atomic E-state index is 0.0189. The highest BCUT2D eigenvalue weighted by Gasteiger charge is 2.14. The van der Waals surface area contributed by atoms with Gasteiger partial charge in [-0.05, 0) is 37.9 Å². The van der Waals surface area contributed by atoms with E-state index in [-0.39, 0.29) is 17.0 Å². The first-order chi connectivity index (χ1) is 20.2. The molecule has 0 fully saturated rings. The molecule has 2 aromatic heterocycles. The van der Waals surface area contributed by atoms with Crippen molar-refractivity contribution in [1.82, 2.24) is 30.0 Å². The zero-order valence-electron chi connectivity index (χ0n) is 23.2. The number of halogens is 3. The number of nitrogens with zero attached hydrogens (tertiary/aromatic N) is 5. The lowest BCUT2D eigenvalue weighted by Gasteiger charge is -2.14. The summed E-state index contributed by atoms with van der Waals surface area (Å²) in [6, 6.07) is 17.2. The fourth-order valence-corrected chi connectivity index (χ4v) is 4.04. The number of amides is 1. The van der Waals surface area contributed by atoms with Crippen LogP contribution in [-0.2, 0) is 24.4 Å². The number of nitrogens with one attached hydrogen (secondary N) is 4. The highest BCUT2D eigenvalue weighted by molar-refractivity contribution is 6.32. The lowest BCUT2D eigenvalue weighted by molar-refractivity contribution is -0.111. The molecule has 10 nitrogen and oxygen atoms in total. The molecule has 2 heterocycles. The smallest absolute Gasteiger partial charge is 0.257 e. The van der Waals surface area contributed by atoms with E-state index in [4.69, 9.17) is 11.6 Å². The maximum atomic E-state index is 12.8. The van der Waals surface area contributed by atoms with E-state index in [1.165, 1.54) is 12.3 Å². The van der Waals surface area contributed by atoms with Crippen molar-refractivity contribution in [2.75, 3.05) is 36.6 Å². The maximum absolute atomic E-state index is 12.8. The second kappa shape index (κ2) is 15.0. The molecule has 4 aromatic rings. The van der Waals surface area contributed by atoms with Crippen LogP contribution in [0, 0.1) is 0 Å². The number of aromatic nitrogens is 4. The first kappa shape index (κ1) is 30.6. The molecule has 0 bridgehead atoms. The summed E-state index contributed by atoms with van der Waals surface area (Å²) in [5.41, 5.74) is 3.49. The SMILES string of the molecule is CN(C)C/C=C/C(=O)Nc1cccc(Nc2nc(Nc3cn(CC(F)F)nc3Cl)ncc2CNCc2ccccc2)c1. The van der Waals surface area contributed by atoms with Crippen LogP contribution in [0.25, 0.3) is 0 Å². The second-order valence-corrected chi connectivity index (χ2v) is 9.95. The van der Waals surface area contributed by atoms with Gasteiger partial charge in [-0.2, -0.15) is 10.1 Å². The van der Waals surface area contributed by atoms with Crippen molar-refractivity contribution in [2.24, 2.45) is 0 Å². The van der Waals surface area contributed by atoms with Crippen molar-refractivity contribution in [3.63, 3.8) is 0 Å². The molecule has 4 N–H and O–H groups in total. The zero-order valence-corrected chi connectivity index (χ0v) is 23.9. The van der Waals surface area contributed by atoms with Gasteiger partial charge < -0.3 is 26.2 Å². The van der Waals surface area contributed by atoms with Crippen molar-refractivity contribution < 1.29 is 13.6 Å². The van der Waals surface area contributed by atoms with E-state index in [1.807, 2.05) is 61.5 Å². The van der Waals surface area contributed by atoms with Gasteiger partial charge in [-0.15, -0.1) is 0 Å². The summed E-state index contributed by atoms with van der Waals surface area (Å²) in [6.07, 6.45) is 3.74.